The second-order valence-corrected chi connectivity index (χ2v) is 6.07. The van der Waals surface area contributed by atoms with E-state index in [0.717, 1.165) is 17.0 Å². The first kappa shape index (κ1) is 19.8. The third-order valence-corrected chi connectivity index (χ3v) is 4.07. The number of carbonyl (C=O) groups excluding carboxylic acids is 1. The predicted molar refractivity (Wildman–Crippen MR) is 108 cm³/mol. The lowest BCUT2D eigenvalue weighted by molar-refractivity contribution is -0.116. The molecule has 138 valence electrons. The van der Waals surface area contributed by atoms with E-state index in [1.807, 2.05) is 30.5 Å². The van der Waals surface area contributed by atoms with Gasteiger partial charge in [0, 0.05) is 35.8 Å². The highest BCUT2D eigenvalue weighted by molar-refractivity contribution is 5.91. The number of hydrogen-bond donors (Lipinski definition) is 3. The van der Waals surface area contributed by atoms with Crippen LogP contribution in [0.15, 0.2) is 48.7 Å². The number of halogens is 1. The average Bonchev–Trinajstić information content (AvgIpc) is 3.01. The van der Waals surface area contributed by atoms with Gasteiger partial charge in [-0.25, -0.2) is 0 Å². The van der Waals surface area contributed by atoms with Gasteiger partial charge in [0.05, 0.1) is 0 Å². The van der Waals surface area contributed by atoms with Crippen molar-refractivity contribution in [2.45, 2.75) is 19.8 Å². The van der Waals surface area contributed by atoms with Crippen LogP contribution in [0.4, 0.5) is 5.69 Å². The zero-order valence-corrected chi connectivity index (χ0v) is 15.6. The number of carbonyl (C=O) groups is 1. The van der Waals surface area contributed by atoms with Crippen LogP contribution >= 0.6 is 12.4 Å². The second kappa shape index (κ2) is 9.27. The minimum Gasteiger partial charge on any atom is -0.492 e. The highest BCUT2D eigenvalue weighted by Gasteiger charge is 2.08. The van der Waals surface area contributed by atoms with E-state index in [0.29, 0.717) is 26.0 Å². The van der Waals surface area contributed by atoms with E-state index in [-0.39, 0.29) is 18.3 Å². The molecule has 4 N–H and O–H groups in total. The summed E-state index contributed by atoms with van der Waals surface area (Å²) in [6, 6.07) is 13.6. The summed E-state index contributed by atoms with van der Waals surface area (Å²) in [4.78, 5) is 15.5. The summed E-state index contributed by atoms with van der Waals surface area (Å²) in [5, 5.41) is 4.11. The normalized spacial score (nSPS) is 10.4. The van der Waals surface area contributed by atoms with Gasteiger partial charge in [-0.2, -0.15) is 0 Å². The molecule has 3 rings (SSSR count). The molecule has 0 saturated heterocycles. The van der Waals surface area contributed by atoms with Crippen molar-refractivity contribution < 1.29 is 9.53 Å². The van der Waals surface area contributed by atoms with Crippen molar-refractivity contribution in [2.75, 3.05) is 18.5 Å². The Balaban J connectivity index is 0.00000243. The van der Waals surface area contributed by atoms with Gasteiger partial charge in [-0.1, -0.05) is 11.6 Å². The minimum absolute atomic E-state index is 0. The van der Waals surface area contributed by atoms with E-state index in [2.05, 4.69) is 35.4 Å². The van der Waals surface area contributed by atoms with Crippen LogP contribution in [0.3, 0.4) is 0 Å². The molecule has 0 saturated carbocycles. The van der Waals surface area contributed by atoms with Gasteiger partial charge in [-0.05, 0) is 55.3 Å². The summed E-state index contributed by atoms with van der Waals surface area (Å²) in [6.45, 7) is 3.03. The Bertz CT molecular complexity index is 859. The van der Waals surface area contributed by atoms with Gasteiger partial charge in [0.15, 0.2) is 0 Å². The maximum atomic E-state index is 12.2. The van der Waals surface area contributed by atoms with Crippen LogP contribution in [-0.4, -0.2) is 24.0 Å². The number of fused-ring (bicyclic) bond motifs is 1. The first-order chi connectivity index (χ1) is 12.2. The molecule has 1 aromatic heterocycles. The zero-order chi connectivity index (χ0) is 17.6. The number of nitrogens with one attached hydrogen (secondary N) is 2. The summed E-state index contributed by atoms with van der Waals surface area (Å²) in [7, 11) is 0. The average molecular weight is 374 g/mol. The fraction of sp³-hybridized carbons (Fsp3) is 0.250. The molecule has 0 fully saturated rings. The molecule has 0 aliphatic carbocycles. The van der Waals surface area contributed by atoms with Crippen LogP contribution in [0.1, 0.15) is 17.5 Å². The molecule has 0 unspecified atom stereocenters. The number of benzene rings is 2. The van der Waals surface area contributed by atoms with E-state index < -0.39 is 0 Å². The van der Waals surface area contributed by atoms with Crippen LogP contribution in [-0.2, 0) is 11.2 Å². The van der Waals surface area contributed by atoms with Crippen LogP contribution in [0.5, 0.6) is 5.75 Å². The van der Waals surface area contributed by atoms with Crippen LogP contribution in [0.2, 0.25) is 0 Å². The second-order valence-electron chi connectivity index (χ2n) is 6.07. The maximum Gasteiger partial charge on any atom is 0.224 e. The van der Waals surface area contributed by atoms with Crippen molar-refractivity contribution in [1.82, 2.24) is 4.98 Å². The van der Waals surface area contributed by atoms with Gasteiger partial charge >= 0.3 is 0 Å². The number of anilines is 1. The molecule has 0 aliphatic heterocycles. The van der Waals surface area contributed by atoms with Gasteiger partial charge in [0.25, 0.3) is 0 Å². The summed E-state index contributed by atoms with van der Waals surface area (Å²) in [5.74, 6) is 0.746. The smallest absolute Gasteiger partial charge is 0.224 e. The molecule has 0 bridgehead atoms. The third kappa shape index (κ3) is 5.00. The van der Waals surface area contributed by atoms with E-state index in [1.165, 1.54) is 16.5 Å². The monoisotopic (exact) mass is 373 g/mol. The Hall–Kier alpha value is -2.50. The fourth-order valence-electron chi connectivity index (χ4n) is 2.78. The molecular weight excluding hydrogens is 350 g/mol. The van der Waals surface area contributed by atoms with E-state index in [4.69, 9.17) is 10.5 Å². The Morgan fingerprint density at radius 1 is 1.19 bits per heavy atom. The van der Waals surface area contributed by atoms with Gasteiger partial charge < -0.3 is 20.8 Å². The molecule has 1 amide bonds. The lowest BCUT2D eigenvalue weighted by Gasteiger charge is -2.07. The molecule has 26 heavy (non-hydrogen) atoms. The number of aromatic amines is 1. The molecule has 0 spiro atoms. The third-order valence-electron chi connectivity index (χ3n) is 4.07. The van der Waals surface area contributed by atoms with E-state index in [9.17, 15) is 4.79 Å². The number of ether oxygens (including phenoxy) is 1. The van der Waals surface area contributed by atoms with Gasteiger partial charge in [0.1, 0.15) is 12.4 Å². The summed E-state index contributed by atoms with van der Waals surface area (Å²) >= 11 is 0. The summed E-state index contributed by atoms with van der Waals surface area (Å²) in [5.41, 5.74) is 9.66. The molecule has 0 aliphatic rings. The topological polar surface area (TPSA) is 80.1 Å². The number of rotatable bonds is 7. The summed E-state index contributed by atoms with van der Waals surface area (Å²) < 4.78 is 5.42. The van der Waals surface area contributed by atoms with Crippen LogP contribution in [0.25, 0.3) is 10.9 Å². The molecule has 0 radical (unpaired) electrons. The SMILES string of the molecule is Cc1ccc2[nH]cc(CCC(=O)Nc3ccc(OCCN)cc3)c2c1.Cl. The standard InChI is InChI=1S/C20H23N3O2.ClH/c1-14-2-8-19-18(12-14)15(13-22-19)3-9-20(24)23-16-4-6-17(7-5-16)25-11-10-21;/h2,4-8,12-13,22H,3,9-11,21H2,1H3,(H,23,24);1H. The van der Waals surface area contributed by atoms with Crippen molar-refractivity contribution in [1.29, 1.82) is 0 Å². The molecular formula is C20H24ClN3O2. The maximum absolute atomic E-state index is 12.2. The number of nitrogens with two attached hydrogens (primary N) is 1. The van der Waals surface area contributed by atoms with Crippen molar-refractivity contribution in [3.63, 3.8) is 0 Å². The Morgan fingerprint density at radius 2 is 1.96 bits per heavy atom. The number of aromatic nitrogens is 1. The number of amides is 1. The van der Waals surface area contributed by atoms with Gasteiger partial charge in [0.2, 0.25) is 5.91 Å². The first-order valence-corrected chi connectivity index (χ1v) is 8.45. The van der Waals surface area contributed by atoms with Gasteiger partial charge in [-0.3, -0.25) is 4.79 Å². The lowest BCUT2D eigenvalue weighted by atomic mass is 10.1. The molecule has 0 atom stereocenters. The quantitative estimate of drug-likeness (QED) is 0.589. The number of H-pyrrole nitrogens is 1. The zero-order valence-electron chi connectivity index (χ0n) is 14.7. The molecule has 2 aromatic carbocycles. The molecule has 6 heteroatoms. The Morgan fingerprint density at radius 3 is 2.69 bits per heavy atom. The lowest BCUT2D eigenvalue weighted by Crippen LogP contribution is -2.12. The van der Waals surface area contributed by atoms with Crippen molar-refractivity contribution >= 4 is 34.9 Å². The Kier molecular flexibility index (Phi) is 7.06. The molecule has 1 heterocycles. The molecule has 3 aromatic rings. The Labute approximate surface area is 159 Å². The number of hydrogen-bond acceptors (Lipinski definition) is 3. The highest BCUT2D eigenvalue weighted by Crippen LogP contribution is 2.21. The summed E-state index contributed by atoms with van der Waals surface area (Å²) in [6.07, 6.45) is 3.13. The van der Waals surface area contributed by atoms with Crippen molar-refractivity contribution in [3.05, 3.63) is 59.8 Å². The van der Waals surface area contributed by atoms with Crippen LogP contribution < -0.4 is 15.8 Å². The number of aryl methyl sites for hydroxylation is 2. The van der Waals surface area contributed by atoms with Crippen molar-refractivity contribution in [2.24, 2.45) is 5.73 Å². The van der Waals surface area contributed by atoms with E-state index in [1.54, 1.807) is 0 Å². The van der Waals surface area contributed by atoms with Crippen molar-refractivity contribution in [3.8, 4) is 5.75 Å². The highest BCUT2D eigenvalue weighted by atomic mass is 35.5. The largest absolute Gasteiger partial charge is 0.492 e. The molecule has 5 nitrogen and oxygen atoms in total. The van der Waals surface area contributed by atoms with E-state index >= 15 is 0 Å². The minimum atomic E-state index is -0.00219. The predicted octanol–water partition coefficient (Wildman–Crippen LogP) is 3.81. The fourth-order valence-corrected chi connectivity index (χ4v) is 2.78. The van der Waals surface area contributed by atoms with Crippen LogP contribution in [0, 0.1) is 6.92 Å². The van der Waals surface area contributed by atoms with Gasteiger partial charge in [-0.15, -0.1) is 12.4 Å². The first-order valence-electron chi connectivity index (χ1n) is 8.45.